The third kappa shape index (κ3) is 3.83. The predicted octanol–water partition coefficient (Wildman–Crippen LogP) is 1.12. The van der Waals surface area contributed by atoms with E-state index in [9.17, 15) is 5.11 Å². The minimum absolute atomic E-state index is 0.0976. The molecule has 0 aromatic heterocycles. The lowest BCUT2D eigenvalue weighted by Crippen LogP contribution is -2.55. The fourth-order valence-corrected chi connectivity index (χ4v) is 3.35. The maximum absolute atomic E-state index is 10.0. The molecule has 0 bridgehead atoms. The van der Waals surface area contributed by atoms with Crippen LogP contribution in [0, 0.1) is 0 Å². The average molecular weight is 291 g/mol. The van der Waals surface area contributed by atoms with Crippen LogP contribution in [0.2, 0.25) is 0 Å². The van der Waals surface area contributed by atoms with E-state index >= 15 is 0 Å². The van der Waals surface area contributed by atoms with Crippen LogP contribution in [0.5, 0.6) is 0 Å². The van der Waals surface area contributed by atoms with Gasteiger partial charge in [-0.3, -0.25) is 4.90 Å². The van der Waals surface area contributed by atoms with Crippen molar-refractivity contribution in [2.45, 2.75) is 24.4 Å². The van der Waals surface area contributed by atoms with Crippen molar-refractivity contribution < 1.29 is 5.11 Å². The van der Waals surface area contributed by atoms with Crippen LogP contribution in [0.1, 0.15) is 18.4 Å². The van der Waals surface area contributed by atoms with E-state index in [0.29, 0.717) is 6.04 Å². The standard InChI is InChI=1S/C17H29N3O/c1-18-17(14-21,15-8-5-4-6-9-15)13-20(3)16-10-7-11-19(2)12-16/h4-6,8-9,16,18,21H,7,10-14H2,1-3H3. The highest BCUT2D eigenvalue weighted by Gasteiger charge is 2.33. The van der Waals surface area contributed by atoms with Gasteiger partial charge in [-0.1, -0.05) is 30.3 Å². The van der Waals surface area contributed by atoms with E-state index in [-0.39, 0.29) is 6.61 Å². The smallest absolute Gasteiger partial charge is 0.0795 e. The Hall–Kier alpha value is -0.940. The molecule has 118 valence electrons. The SMILES string of the molecule is CNC(CO)(CN(C)C1CCCN(C)C1)c1ccccc1. The summed E-state index contributed by atoms with van der Waals surface area (Å²) in [5.74, 6) is 0. The van der Waals surface area contributed by atoms with Gasteiger partial charge in [0.2, 0.25) is 0 Å². The fraction of sp³-hybridized carbons (Fsp3) is 0.647. The number of nitrogens with one attached hydrogen (secondary N) is 1. The van der Waals surface area contributed by atoms with Crippen molar-refractivity contribution in [3.63, 3.8) is 0 Å². The first kappa shape index (κ1) is 16.4. The topological polar surface area (TPSA) is 38.7 Å². The highest BCUT2D eigenvalue weighted by atomic mass is 16.3. The molecule has 1 aromatic rings. The molecule has 2 atom stereocenters. The third-order valence-corrected chi connectivity index (χ3v) is 4.82. The number of likely N-dealkylation sites (N-methyl/N-ethyl adjacent to an activating group) is 3. The van der Waals surface area contributed by atoms with Crippen molar-refractivity contribution in [3.05, 3.63) is 35.9 Å². The van der Waals surface area contributed by atoms with Crippen LogP contribution in [0.25, 0.3) is 0 Å². The number of benzene rings is 1. The van der Waals surface area contributed by atoms with Crippen molar-refractivity contribution in [1.29, 1.82) is 0 Å². The number of likely N-dealkylation sites (tertiary alicyclic amines) is 1. The van der Waals surface area contributed by atoms with Gasteiger partial charge in [-0.05, 0) is 46.1 Å². The second-order valence-corrected chi connectivity index (χ2v) is 6.33. The van der Waals surface area contributed by atoms with Crippen LogP contribution < -0.4 is 5.32 Å². The second-order valence-electron chi connectivity index (χ2n) is 6.33. The van der Waals surface area contributed by atoms with E-state index < -0.39 is 5.54 Å². The molecule has 4 nitrogen and oxygen atoms in total. The number of aliphatic hydroxyl groups is 1. The Morgan fingerprint density at radius 1 is 1.38 bits per heavy atom. The summed E-state index contributed by atoms with van der Waals surface area (Å²) in [6.07, 6.45) is 2.49. The number of nitrogens with zero attached hydrogens (tertiary/aromatic N) is 2. The summed E-state index contributed by atoms with van der Waals surface area (Å²) >= 11 is 0. The van der Waals surface area contributed by atoms with E-state index in [0.717, 1.165) is 18.7 Å². The quantitative estimate of drug-likeness (QED) is 0.824. The lowest BCUT2D eigenvalue weighted by Gasteiger charge is -2.42. The van der Waals surface area contributed by atoms with Crippen molar-refractivity contribution in [2.75, 3.05) is 47.4 Å². The molecule has 0 saturated carbocycles. The van der Waals surface area contributed by atoms with E-state index in [1.165, 1.54) is 19.4 Å². The zero-order valence-corrected chi connectivity index (χ0v) is 13.5. The highest BCUT2D eigenvalue weighted by Crippen LogP contribution is 2.24. The maximum atomic E-state index is 10.0. The summed E-state index contributed by atoms with van der Waals surface area (Å²) in [6.45, 7) is 3.21. The van der Waals surface area contributed by atoms with E-state index in [1.54, 1.807) is 0 Å². The van der Waals surface area contributed by atoms with Gasteiger partial charge in [0.1, 0.15) is 0 Å². The van der Waals surface area contributed by atoms with Gasteiger partial charge < -0.3 is 15.3 Å². The van der Waals surface area contributed by atoms with Crippen LogP contribution in [0.3, 0.4) is 0 Å². The number of hydrogen-bond donors (Lipinski definition) is 2. The van der Waals surface area contributed by atoms with E-state index in [2.05, 4.69) is 41.3 Å². The number of aliphatic hydroxyl groups excluding tert-OH is 1. The lowest BCUT2D eigenvalue weighted by atomic mass is 9.89. The molecule has 0 spiro atoms. The van der Waals surface area contributed by atoms with Crippen molar-refractivity contribution in [1.82, 2.24) is 15.1 Å². The Kier molecular flexibility index (Phi) is 5.76. The Labute approximate surface area is 128 Å². The van der Waals surface area contributed by atoms with Gasteiger partial charge >= 0.3 is 0 Å². The normalized spacial score (nSPS) is 23.2. The Morgan fingerprint density at radius 3 is 2.67 bits per heavy atom. The molecule has 0 aliphatic carbocycles. The van der Waals surface area contributed by atoms with Crippen LogP contribution in [0.15, 0.2) is 30.3 Å². The largest absolute Gasteiger partial charge is 0.394 e. The first-order valence-corrected chi connectivity index (χ1v) is 7.85. The predicted molar refractivity (Wildman–Crippen MR) is 87.4 cm³/mol. The zero-order valence-electron chi connectivity index (χ0n) is 13.5. The van der Waals surface area contributed by atoms with Gasteiger partial charge in [0, 0.05) is 19.1 Å². The molecule has 2 rings (SSSR count). The Bertz CT molecular complexity index is 419. The van der Waals surface area contributed by atoms with Gasteiger partial charge in [0.05, 0.1) is 12.1 Å². The number of hydrogen-bond acceptors (Lipinski definition) is 4. The first-order chi connectivity index (χ1) is 10.1. The molecule has 21 heavy (non-hydrogen) atoms. The first-order valence-electron chi connectivity index (χ1n) is 7.85. The summed E-state index contributed by atoms with van der Waals surface area (Å²) < 4.78 is 0. The summed E-state index contributed by atoms with van der Waals surface area (Å²) in [6, 6.07) is 10.8. The Balaban J connectivity index is 2.12. The molecular weight excluding hydrogens is 262 g/mol. The molecule has 1 fully saturated rings. The van der Waals surface area contributed by atoms with Gasteiger partial charge in [-0.15, -0.1) is 0 Å². The summed E-state index contributed by atoms with van der Waals surface area (Å²) in [7, 11) is 6.30. The zero-order chi connectivity index (χ0) is 15.3. The van der Waals surface area contributed by atoms with Crippen LogP contribution in [-0.2, 0) is 5.54 Å². The van der Waals surface area contributed by atoms with E-state index in [1.807, 2.05) is 25.2 Å². The summed E-state index contributed by atoms with van der Waals surface area (Å²) in [4.78, 5) is 4.79. The van der Waals surface area contributed by atoms with Crippen LogP contribution >= 0.6 is 0 Å². The second kappa shape index (κ2) is 7.36. The van der Waals surface area contributed by atoms with Gasteiger partial charge in [0.15, 0.2) is 0 Å². The minimum Gasteiger partial charge on any atom is -0.394 e. The molecule has 1 saturated heterocycles. The average Bonchev–Trinajstić information content (AvgIpc) is 2.53. The monoisotopic (exact) mass is 291 g/mol. The third-order valence-electron chi connectivity index (χ3n) is 4.82. The van der Waals surface area contributed by atoms with E-state index in [4.69, 9.17) is 0 Å². The molecular formula is C17H29N3O. The molecule has 0 amide bonds. The van der Waals surface area contributed by atoms with Gasteiger partial charge in [-0.25, -0.2) is 0 Å². The lowest BCUT2D eigenvalue weighted by molar-refractivity contribution is 0.0750. The summed E-state index contributed by atoms with van der Waals surface area (Å²) in [5, 5.41) is 13.4. The fourth-order valence-electron chi connectivity index (χ4n) is 3.35. The molecule has 0 radical (unpaired) electrons. The van der Waals surface area contributed by atoms with Gasteiger partial charge in [0.25, 0.3) is 0 Å². The van der Waals surface area contributed by atoms with Crippen molar-refractivity contribution in [2.24, 2.45) is 0 Å². The maximum Gasteiger partial charge on any atom is 0.0795 e. The molecule has 4 heteroatoms. The molecule has 2 unspecified atom stereocenters. The summed E-state index contributed by atoms with van der Waals surface area (Å²) in [5.41, 5.74) is 0.748. The minimum atomic E-state index is -0.397. The van der Waals surface area contributed by atoms with Gasteiger partial charge in [-0.2, -0.15) is 0 Å². The molecule has 1 heterocycles. The van der Waals surface area contributed by atoms with Crippen molar-refractivity contribution in [3.8, 4) is 0 Å². The molecule has 2 N–H and O–H groups in total. The highest BCUT2D eigenvalue weighted by molar-refractivity contribution is 5.25. The number of rotatable bonds is 6. The molecule has 1 aliphatic heterocycles. The molecule has 1 aliphatic rings. The van der Waals surface area contributed by atoms with Crippen LogP contribution in [-0.4, -0.2) is 68.3 Å². The van der Waals surface area contributed by atoms with Crippen LogP contribution in [0.4, 0.5) is 0 Å². The molecule has 1 aromatic carbocycles. The number of piperidine rings is 1. The Morgan fingerprint density at radius 2 is 2.10 bits per heavy atom. The van der Waals surface area contributed by atoms with Crippen molar-refractivity contribution >= 4 is 0 Å².